The maximum Gasteiger partial charge on any atom is 0.0547 e. The van der Waals surface area contributed by atoms with Crippen LogP contribution in [0.2, 0.25) is 0 Å². The minimum atomic E-state index is 1.17. The van der Waals surface area contributed by atoms with Gasteiger partial charge in [-0.25, -0.2) is 0 Å². The molecule has 0 saturated heterocycles. The molecule has 0 radical (unpaired) electrons. The predicted octanol–water partition coefficient (Wildman–Crippen LogP) is 9.75. The van der Waals surface area contributed by atoms with Crippen LogP contribution in [-0.4, -0.2) is 9.55 Å². The van der Waals surface area contributed by atoms with Crippen molar-refractivity contribution >= 4 is 43.6 Å². The Hall–Kier alpha value is -5.08. The molecule has 0 atom stereocenters. The summed E-state index contributed by atoms with van der Waals surface area (Å²) in [7, 11) is 0. The van der Waals surface area contributed by atoms with Gasteiger partial charge in [0.15, 0.2) is 0 Å². The molecule has 178 valence electrons. The summed E-state index contributed by atoms with van der Waals surface area (Å²) in [6.07, 6.45) is 0. The Morgan fingerprint density at radius 2 is 0.947 bits per heavy atom. The lowest BCUT2D eigenvalue weighted by Gasteiger charge is -2.09. The molecule has 0 saturated carbocycles. The molecule has 2 heterocycles. The molecule has 0 fully saturated rings. The van der Waals surface area contributed by atoms with Gasteiger partial charge in [0.05, 0.1) is 11.0 Å². The molecule has 8 aromatic rings. The number of hydrogen-bond donors (Lipinski definition) is 1. The zero-order valence-corrected chi connectivity index (χ0v) is 20.7. The van der Waals surface area contributed by atoms with E-state index >= 15 is 0 Å². The number of H-pyrrole nitrogens is 1. The molecule has 0 aliphatic heterocycles. The highest BCUT2D eigenvalue weighted by molar-refractivity contribution is 6.10. The third kappa shape index (κ3) is 3.21. The number of nitrogens with one attached hydrogen (secondary N) is 1. The van der Waals surface area contributed by atoms with Crippen LogP contribution >= 0.6 is 0 Å². The highest BCUT2D eigenvalue weighted by Gasteiger charge is 2.13. The Balaban J connectivity index is 1.23. The first kappa shape index (κ1) is 21.0. The quantitative estimate of drug-likeness (QED) is 0.258. The molecule has 8 rings (SSSR count). The molecule has 6 aromatic carbocycles. The fourth-order valence-electron chi connectivity index (χ4n) is 5.89. The van der Waals surface area contributed by atoms with Crippen LogP contribution in [0.5, 0.6) is 0 Å². The fourth-order valence-corrected chi connectivity index (χ4v) is 5.89. The second kappa shape index (κ2) is 8.22. The summed E-state index contributed by atoms with van der Waals surface area (Å²) in [5, 5.41) is 5.09. The first-order valence-electron chi connectivity index (χ1n) is 13.0. The van der Waals surface area contributed by atoms with Crippen LogP contribution in [0.15, 0.2) is 140 Å². The van der Waals surface area contributed by atoms with Crippen molar-refractivity contribution in [2.75, 3.05) is 0 Å². The van der Waals surface area contributed by atoms with Crippen LogP contribution in [0, 0.1) is 0 Å². The molecule has 2 aromatic heterocycles. The number of aromatic nitrogens is 2. The summed E-state index contributed by atoms with van der Waals surface area (Å²) in [5.74, 6) is 0. The van der Waals surface area contributed by atoms with E-state index in [1.807, 2.05) is 0 Å². The van der Waals surface area contributed by atoms with Gasteiger partial charge < -0.3 is 9.55 Å². The Morgan fingerprint density at radius 3 is 1.76 bits per heavy atom. The second-order valence-electron chi connectivity index (χ2n) is 9.93. The molecule has 0 aliphatic carbocycles. The standard InChI is InChI=1S/C36H24N2/c1-2-8-28(9-3-1)38-35-13-7-5-11-30(35)31-20-18-27(23-36(31)38)25-16-14-24(15-17-25)26-19-21-34-32(22-26)29-10-4-6-12-33(29)37-34/h1-23,37H. The molecule has 0 unspecified atom stereocenters. The zero-order chi connectivity index (χ0) is 25.1. The van der Waals surface area contributed by atoms with Crippen LogP contribution < -0.4 is 0 Å². The minimum Gasteiger partial charge on any atom is -0.355 e. The van der Waals surface area contributed by atoms with Gasteiger partial charge in [0.1, 0.15) is 0 Å². The monoisotopic (exact) mass is 484 g/mol. The molecule has 0 spiro atoms. The molecule has 0 amide bonds. The first-order valence-corrected chi connectivity index (χ1v) is 13.0. The van der Waals surface area contributed by atoms with Crippen molar-refractivity contribution in [3.8, 4) is 27.9 Å². The van der Waals surface area contributed by atoms with Gasteiger partial charge in [-0.3, -0.25) is 0 Å². The van der Waals surface area contributed by atoms with Gasteiger partial charge >= 0.3 is 0 Å². The van der Waals surface area contributed by atoms with Crippen molar-refractivity contribution in [3.63, 3.8) is 0 Å². The van der Waals surface area contributed by atoms with E-state index < -0.39 is 0 Å². The fraction of sp³-hybridized carbons (Fsp3) is 0. The van der Waals surface area contributed by atoms with E-state index in [0.717, 1.165) is 0 Å². The number of fused-ring (bicyclic) bond motifs is 6. The van der Waals surface area contributed by atoms with Gasteiger partial charge in [-0.05, 0) is 64.7 Å². The molecule has 1 N–H and O–H groups in total. The van der Waals surface area contributed by atoms with Crippen molar-refractivity contribution in [1.29, 1.82) is 0 Å². The predicted molar refractivity (Wildman–Crippen MR) is 161 cm³/mol. The van der Waals surface area contributed by atoms with Crippen molar-refractivity contribution in [2.45, 2.75) is 0 Å². The van der Waals surface area contributed by atoms with Gasteiger partial charge in [0, 0.05) is 38.3 Å². The lowest BCUT2D eigenvalue weighted by atomic mass is 9.98. The number of rotatable bonds is 3. The molecule has 38 heavy (non-hydrogen) atoms. The largest absolute Gasteiger partial charge is 0.355 e. The van der Waals surface area contributed by atoms with Crippen LogP contribution in [0.4, 0.5) is 0 Å². The molecule has 0 bridgehead atoms. The normalized spacial score (nSPS) is 11.7. The summed E-state index contributed by atoms with van der Waals surface area (Å²) in [6, 6.07) is 50.3. The van der Waals surface area contributed by atoms with Crippen LogP contribution in [0.3, 0.4) is 0 Å². The van der Waals surface area contributed by atoms with Crippen molar-refractivity contribution in [2.24, 2.45) is 0 Å². The maximum atomic E-state index is 3.53. The van der Waals surface area contributed by atoms with E-state index in [1.54, 1.807) is 0 Å². The number of nitrogens with zero attached hydrogens (tertiary/aromatic N) is 1. The Labute approximate surface area is 220 Å². The van der Waals surface area contributed by atoms with Gasteiger partial charge in [-0.15, -0.1) is 0 Å². The SMILES string of the molecule is c1ccc(-n2c3ccccc3c3ccc(-c4ccc(-c5ccc6[nH]c7ccccc7c6c5)cc4)cc32)cc1. The van der Waals surface area contributed by atoms with E-state index in [0.29, 0.717) is 0 Å². The van der Waals surface area contributed by atoms with Crippen LogP contribution in [0.1, 0.15) is 0 Å². The lowest BCUT2D eigenvalue weighted by Crippen LogP contribution is -1.93. The average Bonchev–Trinajstić information content (AvgIpc) is 3.52. The van der Waals surface area contributed by atoms with E-state index in [2.05, 4.69) is 149 Å². The summed E-state index contributed by atoms with van der Waals surface area (Å²) in [6.45, 7) is 0. The van der Waals surface area contributed by atoms with Crippen LogP contribution in [0.25, 0.3) is 71.6 Å². The van der Waals surface area contributed by atoms with E-state index in [9.17, 15) is 0 Å². The first-order chi connectivity index (χ1) is 18.8. The summed E-state index contributed by atoms with van der Waals surface area (Å²) in [4.78, 5) is 3.53. The number of hydrogen-bond acceptors (Lipinski definition) is 0. The van der Waals surface area contributed by atoms with Gasteiger partial charge in [0.2, 0.25) is 0 Å². The minimum absolute atomic E-state index is 1.17. The van der Waals surface area contributed by atoms with Crippen molar-refractivity contribution in [1.82, 2.24) is 9.55 Å². The summed E-state index contributed by atoms with van der Waals surface area (Å²) < 4.78 is 2.37. The lowest BCUT2D eigenvalue weighted by molar-refractivity contribution is 1.18. The van der Waals surface area contributed by atoms with Gasteiger partial charge in [0.25, 0.3) is 0 Å². The molecule has 2 nitrogen and oxygen atoms in total. The van der Waals surface area contributed by atoms with Crippen molar-refractivity contribution < 1.29 is 0 Å². The third-order valence-corrected chi connectivity index (χ3v) is 7.75. The summed E-state index contributed by atoms with van der Waals surface area (Å²) in [5.41, 5.74) is 10.9. The van der Waals surface area contributed by atoms with E-state index in [4.69, 9.17) is 0 Å². The average molecular weight is 485 g/mol. The zero-order valence-electron chi connectivity index (χ0n) is 20.7. The molecule has 0 aliphatic rings. The van der Waals surface area contributed by atoms with Gasteiger partial charge in [-0.1, -0.05) is 97.1 Å². The smallest absolute Gasteiger partial charge is 0.0547 e. The third-order valence-electron chi connectivity index (χ3n) is 7.75. The second-order valence-corrected chi connectivity index (χ2v) is 9.93. The highest BCUT2D eigenvalue weighted by Crippen LogP contribution is 2.36. The van der Waals surface area contributed by atoms with Gasteiger partial charge in [-0.2, -0.15) is 0 Å². The topological polar surface area (TPSA) is 20.7 Å². The van der Waals surface area contributed by atoms with Crippen molar-refractivity contribution in [3.05, 3.63) is 140 Å². The number of benzene rings is 6. The van der Waals surface area contributed by atoms with E-state index in [1.165, 1.54) is 71.6 Å². The molecular weight excluding hydrogens is 460 g/mol. The van der Waals surface area contributed by atoms with E-state index in [-0.39, 0.29) is 0 Å². The highest BCUT2D eigenvalue weighted by atomic mass is 15.0. The summed E-state index contributed by atoms with van der Waals surface area (Å²) >= 11 is 0. The number of aromatic amines is 1. The Bertz CT molecular complexity index is 2110. The number of para-hydroxylation sites is 3. The van der Waals surface area contributed by atoms with Crippen LogP contribution in [-0.2, 0) is 0 Å². The molecule has 2 heteroatoms. The Morgan fingerprint density at radius 1 is 0.368 bits per heavy atom. The molecular formula is C36H24N2. The maximum absolute atomic E-state index is 3.53. The Kier molecular flexibility index (Phi) is 4.55.